The summed E-state index contributed by atoms with van der Waals surface area (Å²) in [4.78, 5) is 16.1. The van der Waals surface area contributed by atoms with E-state index in [1.807, 2.05) is 38.1 Å². The van der Waals surface area contributed by atoms with Crippen molar-refractivity contribution in [2.24, 2.45) is 0 Å². The maximum Gasteiger partial charge on any atom is 0.153 e. The maximum absolute atomic E-state index is 11.7. The van der Waals surface area contributed by atoms with E-state index >= 15 is 0 Å². The van der Waals surface area contributed by atoms with E-state index in [2.05, 4.69) is 10.3 Å². The Labute approximate surface area is 105 Å². The number of carbonyl (C=O) groups is 1. The second-order valence-electron chi connectivity index (χ2n) is 4.33. The highest BCUT2D eigenvalue weighted by molar-refractivity contribution is 7.18. The van der Waals surface area contributed by atoms with Gasteiger partial charge in [0.15, 0.2) is 5.78 Å². The zero-order valence-corrected chi connectivity index (χ0v) is 10.9. The molecule has 0 saturated carbocycles. The van der Waals surface area contributed by atoms with Crippen molar-refractivity contribution in [1.82, 2.24) is 10.3 Å². The first kappa shape index (κ1) is 12.2. The molecule has 1 heterocycles. The van der Waals surface area contributed by atoms with Crippen LogP contribution in [0.2, 0.25) is 0 Å². The molecule has 1 aromatic heterocycles. The van der Waals surface area contributed by atoms with Crippen LogP contribution in [0, 0.1) is 0 Å². The number of nitrogens with zero attached hydrogens (tertiary/aromatic N) is 1. The molecule has 0 saturated heterocycles. The predicted octanol–water partition coefficient (Wildman–Crippen LogP) is 2.41. The maximum atomic E-state index is 11.7. The third-order valence-corrected chi connectivity index (χ3v) is 3.43. The van der Waals surface area contributed by atoms with Gasteiger partial charge in [-0.3, -0.25) is 4.79 Å². The minimum absolute atomic E-state index is 0.192. The van der Waals surface area contributed by atoms with E-state index in [-0.39, 0.29) is 5.78 Å². The molecule has 0 radical (unpaired) electrons. The van der Waals surface area contributed by atoms with Crippen LogP contribution in [0.25, 0.3) is 10.2 Å². The van der Waals surface area contributed by atoms with E-state index < -0.39 is 0 Å². The summed E-state index contributed by atoms with van der Waals surface area (Å²) in [6, 6.07) is 8.31. The number of benzene rings is 1. The van der Waals surface area contributed by atoms with E-state index in [0.717, 1.165) is 15.2 Å². The molecular formula is C13H16N2OS. The molecule has 17 heavy (non-hydrogen) atoms. The zero-order chi connectivity index (χ0) is 12.3. The van der Waals surface area contributed by atoms with Crippen molar-refractivity contribution in [3.63, 3.8) is 0 Å². The van der Waals surface area contributed by atoms with Crippen LogP contribution in [0.3, 0.4) is 0 Å². The van der Waals surface area contributed by atoms with Crippen LogP contribution < -0.4 is 5.32 Å². The summed E-state index contributed by atoms with van der Waals surface area (Å²) in [6.45, 7) is 4.49. The summed E-state index contributed by atoms with van der Waals surface area (Å²) >= 11 is 1.60. The van der Waals surface area contributed by atoms with Crippen molar-refractivity contribution in [1.29, 1.82) is 0 Å². The third kappa shape index (κ3) is 3.35. The van der Waals surface area contributed by atoms with Crippen LogP contribution in [0.1, 0.15) is 18.9 Å². The van der Waals surface area contributed by atoms with Gasteiger partial charge in [0.25, 0.3) is 0 Å². The standard InChI is InChI=1S/C13H16N2OS/c1-9(2)14-8-10(16)7-13-15-11-5-3-4-6-12(11)17-13/h3-6,9,14H,7-8H2,1-2H3. The summed E-state index contributed by atoms with van der Waals surface area (Å²) in [5, 5.41) is 4.03. The number of aromatic nitrogens is 1. The molecule has 0 aliphatic carbocycles. The van der Waals surface area contributed by atoms with Gasteiger partial charge in [0.2, 0.25) is 0 Å². The number of fused-ring (bicyclic) bond motifs is 1. The van der Waals surface area contributed by atoms with Gasteiger partial charge in [-0.2, -0.15) is 0 Å². The lowest BCUT2D eigenvalue weighted by Gasteiger charge is -2.05. The fourth-order valence-corrected chi connectivity index (χ4v) is 2.54. The van der Waals surface area contributed by atoms with E-state index in [9.17, 15) is 4.79 Å². The highest BCUT2D eigenvalue weighted by Gasteiger charge is 2.08. The molecule has 90 valence electrons. The lowest BCUT2D eigenvalue weighted by atomic mass is 10.2. The molecule has 1 N–H and O–H groups in total. The molecule has 4 heteroatoms. The van der Waals surface area contributed by atoms with E-state index in [1.165, 1.54) is 0 Å². The third-order valence-electron chi connectivity index (χ3n) is 2.39. The topological polar surface area (TPSA) is 42.0 Å². The molecule has 0 aliphatic heterocycles. The van der Waals surface area contributed by atoms with Gasteiger partial charge in [-0.25, -0.2) is 4.98 Å². The number of nitrogens with one attached hydrogen (secondary N) is 1. The summed E-state index contributed by atoms with van der Waals surface area (Å²) in [5.41, 5.74) is 0.983. The Morgan fingerprint density at radius 2 is 2.18 bits per heavy atom. The quantitative estimate of drug-likeness (QED) is 0.883. The van der Waals surface area contributed by atoms with Crippen LogP contribution in [-0.2, 0) is 11.2 Å². The SMILES string of the molecule is CC(C)NCC(=O)Cc1nc2ccccc2s1. The minimum atomic E-state index is 0.192. The second kappa shape index (κ2) is 5.38. The van der Waals surface area contributed by atoms with Gasteiger partial charge in [0.05, 0.1) is 23.2 Å². The predicted molar refractivity (Wildman–Crippen MR) is 71.5 cm³/mol. The second-order valence-corrected chi connectivity index (χ2v) is 5.44. The Morgan fingerprint density at radius 1 is 1.41 bits per heavy atom. The molecule has 0 aliphatic rings. The number of Topliss-reactive ketones (excluding diaryl/α,β-unsaturated/α-hetero) is 1. The van der Waals surface area contributed by atoms with Gasteiger partial charge in [-0.15, -0.1) is 11.3 Å². The van der Waals surface area contributed by atoms with Gasteiger partial charge in [-0.1, -0.05) is 26.0 Å². The van der Waals surface area contributed by atoms with Crippen LogP contribution in [-0.4, -0.2) is 23.4 Å². The first-order valence-electron chi connectivity index (χ1n) is 5.74. The van der Waals surface area contributed by atoms with Crippen molar-refractivity contribution in [3.8, 4) is 0 Å². The van der Waals surface area contributed by atoms with Crippen LogP contribution in [0.5, 0.6) is 0 Å². The molecule has 0 atom stereocenters. The molecule has 0 spiro atoms. The number of hydrogen-bond acceptors (Lipinski definition) is 4. The normalized spacial score (nSPS) is 11.2. The average molecular weight is 248 g/mol. The van der Waals surface area contributed by atoms with Gasteiger partial charge < -0.3 is 5.32 Å². The van der Waals surface area contributed by atoms with Crippen molar-refractivity contribution in [2.45, 2.75) is 26.3 Å². The molecule has 2 rings (SSSR count). The minimum Gasteiger partial charge on any atom is -0.308 e. The lowest BCUT2D eigenvalue weighted by molar-refractivity contribution is -0.117. The Kier molecular flexibility index (Phi) is 3.86. The van der Waals surface area contributed by atoms with Gasteiger partial charge in [0.1, 0.15) is 5.01 Å². The molecule has 3 nitrogen and oxygen atoms in total. The van der Waals surface area contributed by atoms with Gasteiger partial charge in [-0.05, 0) is 12.1 Å². The highest BCUT2D eigenvalue weighted by atomic mass is 32.1. The number of thiazole rings is 1. The summed E-state index contributed by atoms with van der Waals surface area (Å²) in [5.74, 6) is 0.192. The molecule has 2 aromatic rings. The first-order valence-corrected chi connectivity index (χ1v) is 6.56. The highest BCUT2D eigenvalue weighted by Crippen LogP contribution is 2.21. The van der Waals surface area contributed by atoms with Crippen molar-refractivity contribution < 1.29 is 4.79 Å². The van der Waals surface area contributed by atoms with E-state index in [1.54, 1.807) is 11.3 Å². The molecule has 1 aromatic carbocycles. The largest absolute Gasteiger partial charge is 0.308 e. The fourth-order valence-electron chi connectivity index (χ4n) is 1.54. The average Bonchev–Trinajstić information content (AvgIpc) is 2.68. The van der Waals surface area contributed by atoms with Crippen molar-refractivity contribution in [3.05, 3.63) is 29.3 Å². The number of carbonyl (C=O) groups excluding carboxylic acids is 1. The van der Waals surface area contributed by atoms with Gasteiger partial charge in [0, 0.05) is 6.04 Å². The number of para-hydroxylation sites is 1. The molecule has 0 amide bonds. The number of hydrogen-bond donors (Lipinski definition) is 1. The van der Waals surface area contributed by atoms with Crippen LogP contribution in [0.4, 0.5) is 0 Å². The molecule has 0 fully saturated rings. The van der Waals surface area contributed by atoms with Crippen LogP contribution >= 0.6 is 11.3 Å². The van der Waals surface area contributed by atoms with E-state index in [0.29, 0.717) is 19.0 Å². The molecule has 0 bridgehead atoms. The molecule has 0 unspecified atom stereocenters. The smallest absolute Gasteiger partial charge is 0.153 e. The Morgan fingerprint density at radius 3 is 2.88 bits per heavy atom. The Bertz CT molecular complexity index is 486. The van der Waals surface area contributed by atoms with Gasteiger partial charge >= 0.3 is 0 Å². The summed E-state index contributed by atoms with van der Waals surface area (Å²) < 4.78 is 1.15. The summed E-state index contributed by atoms with van der Waals surface area (Å²) in [7, 11) is 0. The Hall–Kier alpha value is -1.26. The summed E-state index contributed by atoms with van der Waals surface area (Å²) in [6.07, 6.45) is 0.430. The van der Waals surface area contributed by atoms with Crippen LogP contribution in [0.15, 0.2) is 24.3 Å². The Balaban J connectivity index is 2.01. The fraction of sp³-hybridized carbons (Fsp3) is 0.385. The zero-order valence-electron chi connectivity index (χ0n) is 10.1. The number of ketones is 1. The van der Waals surface area contributed by atoms with Crippen molar-refractivity contribution >= 4 is 27.3 Å². The van der Waals surface area contributed by atoms with E-state index in [4.69, 9.17) is 0 Å². The molecular weight excluding hydrogens is 232 g/mol. The lowest BCUT2D eigenvalue weighted by Crippen LogP contribution is -2.29. The number of rotatable bonds is 5. The van der Waals surface area contributed by atoms with Crippen molar-refractivity contribution in [2.75, 3.05) is 6.54 Å². The first-order chi connectivity index (χ1) is 8.15. The monoisotopic (exact) mass is 248 g/mol.